The van der Waals surface area contributed by atoms with Gasteiger partial charge in [-0.15, -0.1) is 0 Å². The molecule has 4 fully saturated rings. The van der Waals surface area contributed by atoms with Gasteiger partial charge in [-0.05, 0) is 97.9 Å². The van der Waals surface area contributed by atoms with Crippen LogP contribution < -0.4 is 10.2 Å². The first-order chi connectivity index (χ1) is 21.0. The Kier molecular flexibility index (Phi) is 8.02. The smallest absolute Gasteiger partial charge is 0.322 e. The van der Waals surface area contributed by atoms with Crippen LogP contribution in [0.1, 0.15) is 74.2 Å². The molecular weight excluding hydrogens is 565 g/mol. The van der Waals surface area contributed by atoms with E-state index in [1.807, 2.05) is 0 Å². The Labute approximate surface area is 255 Å². The van der Waals surface area contributed by atoms with Crippen molar-refractivity contribution in [2.45, 2.75) is 76.9 Å². The van der Waals surface area contributed by atoms with E-state index in [2.05, 4.69) is 5.32 Å². The van der Waals surface area contributed by atoms with Crippen LogP contribution in [0.4, 0.5) is 10.1 Å². The third-order valence-electron chi connectivity index (χ3n) is 10.2. The Morgan fingerprint density at radius 2 is 1.64 bits per heavy atom. The van der Waals surface area contributed by atoms with Gasteiger partial charge in [0.15, 0.2) is 5.78 Å². The number of nitrogens with one attached hydrogen (secondary N) is 1. The zero-order chi connectivity index (χ0) is 31.2. The standard InChI is InChI=1S/C34H38FN3O6/c1-20(39)38-28(32(43)36-18-31(41)42)13-30(40)26-7-2-3-8-27(26)37(19-21-5-4-6-25(35)12-21)33(44)29(38)17-34-14-22-9-23(15-34)11-24(10-22)16-34/h2-8,12,22-24,28-29H,9-11,13-19H2,1H3,(H,36,43)(H,41,42)/t22?,23?,24?,28-,29+,34?/m1/s1. The van der Waals surface area contributed by atoms with E-state index in [4.69, 9.17) is 0 Å². The fourth-order valence-corrected chi connectivity index (χ4v) is 9.02. The summed E-state index contributed by atoms with van der Waals surface area (Å²) in [6.45, 7) is 0.550. The van der Waals surface area contributed by atoms with Crippen molar-refractivity contribution in [2.24, 2.45) is 23.2 Å². The maximum Gasteiger partial charge on any atom is 0.322 e. The van der Waals surface area contributed by atoms with Gasteiger partial charge >= 0.3 is 5.97 Å². The molecule has 1 aliphatic heterocycles. The van der Waals surface area contributed by atoms with Crippen LogP contribution in [-0.2, 0) is 25.7 Å². The molecule has 4 bridgehead atoms. The van der Waals surface area contributed by atoms with E-state index >= 15 is 0 Å². The Hall–Kier alpha value is -4.08. The molecule has 0 aromatic heterocycles. The number of hydrogen-bond donors (Lipinski definition) is 2. The van der Waals surface area contributed by atoms with Crippen molar-refractivity contribution in [2.75, 3.05) is 11.4 Å². The lowest BCUT2D eigenvalue weighted by molar-refractivity contribution is -0.150. The first-order valence-corrected chi connectivity index (χ1v) is 15.5. The minimum atomic E-state index is -1.38. The molecule has 2 atom stereocenters. The predicted octanol–water partition coefficient (Wildman–Crippen LogP) is 4.34. The zero-order valence-corrected chi connectivity index (χ0v) is 24.8. The number of aliphatic carboxylic acids is 1. The lowest BCUT2D eigenvalue weighted by Gasteiger charge is -2.58. The molecule has 0 spiro atoms. The molecule has 4 saturated carbocycles. The summed E-state index contributed by atoms with van der Waals surface area (Å²) < 4.78 is 14.3. The van der Waals surface area contributed by atoms with Gasteiger partial charge in [-0.25, -0.2) is 4.39 Å². The number of halogens is 1. The quantitative estimate of drug-likeness (QED) is 0.486. The van der Waals surface area contributed by atoms with Crippen LogP contribution in [0.2, 0.25) is 0 Å². The number of carbonyl (C=O) groups is 5. The van der Waals surface area contributed by atoms with E-state index in [1.165, 1.54) is 48.1 Å². The molecule has 5 aliphatic rings. The monoisotopic (exact) mass is 603 g/mol. The van der Waals surface area contributed by atoms with E-state index in [9.17, 15) is 33.5 Å². The second-order valence-electron chi connectivity index (χ2n) is 13.4. The SMILES string of the molecule is CC(=O)N1[C@@H](C(=O)NCC(=O)O)CC(=O)c2ccccc2N(Cc2cccc(F)c2)C(=O)[C@@H]1CC12CC3CC(CC(C3)C1)C2. The predicted molar refractivity (Wildman–Crippen MR) is 159 cm³/mol. The number of rotatable bonds is 7. The van der Waals surface area contributed by atoms with E-state index in [0.29, 0.717) is 35.4 Å². The van der Waals surface area contributed by atoms with Crippen molar-refractivity contribution < 1.29 is 33.5 Å². The number of nitrogens with zero attached hydrogens (tertiary/aromatic N) is 2. The molecule has 9 nitrogen and oxygen atoms in total. The first kappa shape index (κ1) is 30.0. The Morgan fingerprint density at radius 1 is 0.977 bits per heavy atom. The summed E-state index contributed by atoms with van der Waals surface area (Å²) in [5.41, 5.74) is 0.857. The van der Waals surface area contributed by atoms with Gasteiger partial charge in [0.1, 0.15) is 24.4 Å². The lowest BCUT2D eigenvalue weighted by Crippen LogP contribution is -2.60. The number of benzene rings is 2. The second kappa shape index (κ2) is 11.8. The highest BCUT2D eigenvalue weighted by Crippen LogP contribution is 2.62. The summed E-state index contributed by atoms with van der Waals surface area (Å²) >= 11 is 0. The minimum absolute atomic E-state index is 0.0418. The van der Waals surface area contributed by atoms with Crippen LogP contribution in [0, 0.1) is 29.0 Å². The first-order valence-electron chi connectivity index (χ1n) is 15.5. The molecule has 1 heterocycles. The summed E-state index contributed by atoms with van der Waals surface area (Å²) in [6.07, 6.45) is 6.32. The van der Waals surface area contributed by atoms with Gasteiger partial charge < -0.3 is 20.2 Å². The summed E-state index contributed by atoms with van der Waals surface area (Å²) in [5.74, 6) is -2.28. The van der Waals surface area contributed by atoms with Gasteiger partial charge in [-0.1, -0.05) is 24.3 Å². The van der Waals surface area contributed by atoms with Crippen LogP contribution in [0.25, 0.3) is 0 Å². The van der Waals surface area contributed by atoms with Crippen molar-refractivity contribution in [3.63, 3.8) is 0 Å². The molecule has 7 rings (SSSR count). The fourth-order valence-electron chi connectivity index (χ4n) is 9.02. The molecular formula is C34H38FN3O6. The van der Waals surface area contributed by atoms with Gasteiger partial charge in [0.2, 0.25) is 17.7 Å². The van der Waals surface area contributed by atoms with Crippen molar-refractivity contribution in [1.29, 1.82) is 0 Å². The molecule has 44 heavy (non-hydrogen) atoms. The van der Waals surface area contributed by atoms with Gasteiger partial charge in [-0.2, -0.15) is 0 Å². The second-order valence-corrected chi connectivity index (χ2v) is 13.4. The highest BCUT2D eigenvalue weighted by Gasteiger charge is 2.54. The molecule has 3 amide bonds. The van der Waals surface area contributed by atoms with Crippen LogP contribution in [0.15, 0.2) is 48.5 Å². The number of carboxylic acids is 1. The van der Waals surface area contributed by atoms with E-state index in [1.54, 1.807) is 36.4 Å². The molecule has 10 heteroatoms. The number of ketones is 1. The van der Waals surface area contributed by atoms with Crippen molar-refractivity contribution in [1.82, 2.24) is 10.2 Å². The van der Waals surface area contributed by atoms with Crippen molar-refractivity contribution >= 4 is 35.2 Å². The maximum atomic E-state index is 15.0. The van der Waals surface area contributed by atoms with Crippen molar-refractivity contribution in [3.8, 4) is 0 Å². The lowest BCUT2D eigenvalue weighted by atomic mass is 9.48. The van der Waals surface area contributed by atoms with E-state index < -0.39 is 60.3 Å². The number of carbonyl (C=O) groups excluding carboxylic acids is 4. The zero-order valence-electron chi connectivity index (χ0n) is 24.8. The Balaban J connectivity index is 1.48. The summed E-state index contributed by atoms with van der Waals surface area (Å²) in [7, 11) is 0. The van der Waals surface area contributed by atoms with Gasteiger partial charge in [0, 0.05) is 18.9 Å². The number of anilines is 1. The molecule has 2 aromatic rings. The highest BCUT2D eigenvalue weighted by molar-refractivity contribution is 6.10. The van der Waals surface area contributed by atoms with E-state index in [0.717, 1.165) is 19.3 Å². The molecule has 2 aromatic carbocycles. The summed E-state index contributed by atoms with van der Waals surface area (Å²) in [5, 5.41) is 11.6. The molecule has 4 aliphatic carbocycles. The summed E-state index contributed by atoms with van der Waals surface area (Å²) in [6, 6.07) is 10.0. The van der Waals surface area contributed by atoms with Crippen molar-refractivity contribution in [3.05, 3.63) is 65.5 Å². The van der Waals surface area contributed by atoms with Gasteiger partial charge in [0.25, 0.3) is 0 Å². The normalized spacial score (nSPS) is 29.5. The third-order valence-corrected chi connectivity index (χ3v) is 10.2. The Morgan fingerprint density at radius 3 is 2.25 bits per heavy atom. The van der Waals surface area contributed by atoms with Crippen LogP contribution in [0.3, 0.4) is 0 Å². The number of para-hydroxylation sites is 1. The van der Waals surface area contributed by atoms with Crippen LogP contribution >= 0.6 is 0 Å². The summed E-state index contributed by atoms with van der Waals surface area (Å²) in [4.78, 5) is 70.0. The highest BCUT2D eigenvalue weighted by atomic mass is 19.1. The molecule has 232 valence electrons. The number of carboxylic acid groups (broad SMARTS) is 1. The topological polar surface area (TPSA) is 124 Å². The number of fused-ring (bicyclic) bond motifs is 1. The number of hydrogen-bond acceptors (Lipinski definition) is 5. The third kappa shape index (κ3) is 5.86. The molecule has 0 saturated heterocycles. The van der Waals surface area contributed by atoms with Crippen LogP contribution in [0.5, 0.6) is 0 Å². The van der Waals surface area contributed by atoms with Gasteiger partial charge in [-0.3, -0.25) is 24.0 Å². The van der Waals surface area contributed by atoms with Gasteiger partial charge in [0.05, 0.1) is 12.2 Å². The molecule has 0 unspecified atom stereocenters. The number of amides is 3. The fraction of sp³-hybridized carbons (Fsp3) is 0.500. The largest absolute Gasteiger partial charge is 0.480 e. The van der Waals surface area contributed by atoms with Crippen LogP contribution in [-0.4, -0.2) is 58.1 Å². The minimum Gasteiger partial charge on any atom is -0.480 e. The Bertz CT molecular complexity index is 1470. The number of Topliss-reactive ketones (excluding diaryl/α,β-unsaturated/α-hetero) is 1. The maximum absolute atomic E-state index is 15.0. The molecule has 2 N–H and O–H groups in total. The average Bonchev–Trinajstić information content (AvgIpc) is 2.99. The van der Waals surface area contributed by atoms with E-state index in [-0.39, 0.29) is 17.5 Å². The average molecular weight is 604 g/mol. The molecule has 0 radical (unpaired) electrons.